The largest absolute Gasteiger partial charge is 0.481 e. The summed E-state index contributed by atoms with van der Waals surface area (Å²) < 4.78 is 5.11. The van der Waals surface area contributed by atoms with Crippen molar-refractivity contribution in [2.75, 3.05) is 25.5 Å². The Kier molecular flexibility index (Phi) is 5.71. The molecule has 2 aromatic rings. The highest BCUT2D eigenvalue weighted by Gasteiger charge is 2.19. The van der Waals surface area contributed by atoms with Gasteiger partial charge in [0.05, 0.1) is 17.7 Å². The average Bonchev–Trinajstić information content (AvgIpc) is 2.67. The quantitative estimate of drug-likeness (QED) is 0.885. The predicted molar refractivity (Wildman–Crippen MR) is 97.1 cm³/mol. The molecular formula is C18H21ClN4O2. The third kappa shape index (κ3) is 4.39. The molecule has 1 saturated heterocycles. The fraction of sp³-hybridized carbons (Fsp3) is 0.389. The second-order valence-corrected chi connectivity index (χ2v) is 6.37. The van der Waals surface area contributed by atoms with E-state index in [4.69, 9.17) is 16.3 Å². The average molecular weight is 361 g/mol. The minimum atomic E-state index is -0.000444. The minimum absolute atomic E-state index is 0.000444. The Morgan fingerprint density at radius 2 is 2.08 bits per heavy atom. The number of rotatable bonds is 5. The maximum atomic E-state index is 12.5. The van der Waals surface area contributed by atoms with E-state index in [9.17, 15) is 4.79 Å². The van der Waals surface area contributed by atoms with Crippen molar-refractivity contribution in [2.24, 2.45) is 0 Å². The number of methoxy groups -OCH3 is 1. The Balaban J connectivity index is 1.66. The van der Waals surface area contributed by atoms with E-state index in [1.807, 2.05) is 17.0 Å². The van der Waals surface area contributed by atoms with Crippen molar-refractivity contribution >= 4 is 23.3 Å². The zero-order valence-corrected chi connectivity index (χ0v) is 14.9. The van der Waals surface area contributed by atoms with Crippen molar-refractivity contribution in [3.8, 4) is 5.88 Å². The van der Waals surface area contributed by atoms with Crippen LogP contribution in [0.25, 0.3) is 0 Å². The van der Waals surface area contributed by atoms with E-state index in [0.29, 0.717) is 28.8 Å². The van der Waals surface area contributed by atoms with Gasteiger partial charge in [0.1, 0.15) is 5.82 Å². The number of amides is 1. The number of nitrogens with one attached hydrogen (secondary N) is 1. The Labute approximate surface area is 152 Å². The molecule has 1 N–H and O–H groups in total. The van der Waals surface area contributed by atoms with Gasteiger partial charge < -0.3 is 15.0 Å². The first-order chi connectivity index (χ1) is 12.2. The van der Waals surface area contributed by atoms with Crippen LogP contribution in [0.4, 0.5) is 5.82 Å². The number of halogens is 1. The van der Waals surface area contributed by atoms with Crippen LogP contribution in [0.15, 0.2) is 30.6 Å². The van der Waals surface area contributed by atoms with Gasteiger partial charge in [0.25, 0.3) is 5.91 Å². The Hall–Kier alpha value is -2.34. The molecule has 0 radical (unpaired) electrons. The van der Waals surface area contributed by atoms with Crippen molar-refractivity contribution in [3.05, 3.63) is 46.7 Å². The molecular weight excluding hydrogens is 340 g/mol. The topological polar surface area (TPSA) is 67.3 Å². The van der Waals surface area contributed by atoms with Gasteiger partial charge in [-0.2, -0.15) is 0 Å². The third-order valence-corrected chi connectivity index (χ3v) is 4.49. The Bertz CT molecular complexity index is 748. The first kappa shape index (κ1) is 17.5. The van der Waals surface area contributed by atoms with Gasteiger partial charge in [-0.3, -0.25) is 4.79 Å². The van der Waals surface area contributed by atoms with Crippen LogP contribution >= 0.6 is 11.6 Å². The van der Waals surface area contributed by atoms with Crippen LogP contribution in [-0.2, 0) is 6.54 Å². The number of carbonyl (C=O) groups excluding carboxylic acids is 1. The van der Waals surface area contributed by atoms with Crippen molar-refractivity contribution in [2.45, 2.75) is 25.8 Å². The maximum Gasteiger partial charge on any atom is 0.255 e. The van der Waals surface area contributed by atoms with Crippen LogP contribution < -0.4 is 10.1 Å². The van der Waals surface area contributed by atoms with E-state index in [0.717, 1.165) is 31.5 Å². The summed E-state index contributed by atoms with van der Waals surface area (Å²) in [6, 6.07) is 5.41. The molecule has 0 atom stereocenters. The number of nitrogens with zero attached hydrogens (tertiary/aromatic N) is 3. The monoisotopic (exact) mass is 360 g/mol. The normalized spacial score (nSPS) is 14.2. The summed E-state index contributed by atoms with van der Waals surface area (Å²) in [7, 11) is 1.58. The number of likely N-dealkylation sites (tertiary alicyclic amines) is 1. The number of hydrogen-bond acceptors (Lipinski definition) is 5. The number of piperidine rings is 1. The fourth-order valence-corrected chi connectivity index (χ4v) is 3.06. The smallest absolute Gasteiger partial charge is 0.255 e. The van der Waals surface area contributed by atoms with E-state index in [2.05, 4.69) is 15.3 Å². The number of ether oxygens (including phenoxy) is 1. The molecule has 0 aromatic carbocycles. The molecule has 6 nitrogen and oxygen atoms in total. The van der Waals surface area contributed by atoms with Crippen molar-refractivity contribution < 1.29 is 9.53 Å². The lowest BCUT2D eigenvalue weighted by Crippen LogP contribution is -2.35. The van der Waals surface area contributed by atoms with Crippen LogP contribution in [0.1, 0.15) is 35.2 Å². The standard InChI is InChI=1S/C18H21ClN4O2/c1-25-16-9-13(5-6-20-16)11-21-17-15(19)10-14(12-22-17)18(24)23-7-3-2-4-8-23/h5-6,9-10,12H,2-4,7-8,11H2,1H3,(H,21,22). The third-order valence-electron chi connectivity index (χ3n) is 4.20. The maximum absolute atomic E-state index is 12.5. The molecule has 0 unspecified atom stereocenters. The number of aromatic nitrogens is 2. The van der Waals surface area contributed by atoms with Gasteiger partial charge in [-0.15, -0.1) is 0 Å². The molecule has 25 heavy (non-hydrogen) atoms. The molecule has 1 amide bonds. The van der Waals surface area contributed by atoms with Crippen LogP contribution in [0.3, 0.4) is 0 Å². The van der Waals surface area contributed by atoms with E-state index in [1.54, 1.807) is 25.6 Å². The molecule has 132 valence electrons. The molecule has 2 aromatic heterocycles. The molecule has 0 aliphatic carbocycles. The second-order valence-electron chi connectivity index (χ2n) is 5.97. The van der Waals surface area contributed by atoms with Crippen LogP contribution in [-0.4, -0.2) is 41.0 Å². The van der Waals surface area contributed by atoms with Gasteiger partial charge in [0, 0.05) is 38.1 Å². The molecule has 1 aliphatic heterocycles. The highest BCUT2D eigenvalue weighted by Crippen LogP contribution is 2.23. The number of hydrogen-bond donors (Lipinski definition) is 1. The lowest BCUT2D eigenvalue weighted by Gasteiger charge is -2.26. The number of carbonyl (C=O) groups is 1. The van der Waals surface area contributed by atoms with Gasteiger partial charge in [-0.25, -0.2) is 9.97 Å². The number of anilines is 1. The van der Waals surface area contributed by atoms with Gasteiger partial charge in [-0.1, -0.05) is 11.6 Å². The van der Waals surface area contributed by atoms with Gasteiger partial charge in [-0.05, 0) is 37.0 Å². The predicted octanol–water partition coefficient (Wildman–Crippen LogP) is 3.38. The van der Waals surface area contributed by atoms with E-state index >= 15 is 0 Å². The summed E-state index contributed by atoms with van der Waals surface area (Å²) in [5.41, 5.74) is 1.53. The molecule has 0 spiro atoms. The summed E-state index contributed by atoms with van der Waals surface area (Å²) in [6.07, 6.45) is 6.57. The highest BCUT2D eigenvalue weighted by atomic mass is 35.5. The summed E-state index contributed by atoms with van der Waals surface area (Å²) in [6.45, 7) is 2.14. The van der Waals surface area contributed by atoms with Crippen molar-refractivity contribution in [1.29, 1.82) is 0 Å². The lowest BCUT2D eigenvalue weighted by atomic mass is 10.1. The SMILES string of the molecule is COc1cc(CNc2ncc(C(=O)N3CCCCC3)cc2Cl)ccn1. The van der Waals surface area contributed by atoms with Crippen molar-refractivity contribution in [3.63, 3.8) is 0 Å². The second kappa shape index (κ2) is 8.16. The summed E-state index contributed by atoms with van der Waals surface area (Å²) >= 11 is 6.30. The molecule has 3 heterocycles. The molecule has 3 rings (SSSR count). The van der Waals surface area contributed by atoms with Crippen molar-refractivity contribution in [1.82, 2.24) is 14.9 Å². The Morgan fingerprint density at radius 1 is 1.28 bits per heavy atom. The molecule has 0 saturated carbocycles. The molecule has 7 heteroatoms. The van der Waals surface area contributed by atoms with Gasteiger partial charge >= 0.3 is 0 Å². The van der Waals surface area contributed by atoms with E-state index < -0.39 is 0 Å². The first-order valence-electron chi connectivity index (χ1n) is 8.35. The summed E-state index contributed by atoms with van der Waals surface area (Å²) in [5, 5.41) is 3.61. The highest BCUT2D eigenvalue weighted by molar-refractivity contribution is 6.33. The van der Waals surface area contributed by atoms with E-state index in [1.165, 1.54) is 6.42 Å². The lowest BCUT2D eigenvalue weighted by molar-refractivity contribution is 0.0724. The van der Waals surface area contributed by atoms with Gasteiger partial charge in [0.15, 0.2) is 0 Å². The molecule has 1 aliphatic rings. The molecule has 0 bridgehead atoms. The summed E-state index contributed by atoms with van der Waals surface area (Å²) in [5.74, 6) is 1.10. The fourth-order valence-electron chi connectivity index (χ4n) is 2.82. The minimum Gasteiger partial charge on any atom is -0.481 e. The summed E-state index contributed by atoms with van der Waals surface area (Å²) in [4.78, 5) is 22.8. The van der Waals surface area contributed by atoms with Crippen LogP contribution in [0.5, 0.6) is 5.88 Å². The zero-order chi connectivity index (χ0) is 17.6. The molecule has 1 fully saturated rings. The van der Waals surface area contributed by atoms with Gasteiger partial charge in [0.2, 0.25) is 5.88 Å². The Morgan fingerprint density at radius 3 is 2.80 bits per heavy atom. The first-order valence-corrected chi connectivity index (χ1v) is 8.73. The van der Waals surface area contributed by atoms with Crippen LogP contribution in [0.2, 0.25) is 5.02 Å². The van der Waals surface area contributed by atoms with Crippen LogP contribution in [0, 0.1) is 0 Å². The number of pyridine rings is 2. The zero-order valence-electron chi connectivity index (χ0n) is 14.2. The van der Waals surface area contributed by atoms with E-state index in [-0.39, 0.29) is 5.91 Å².